The van der Waals surface area contributed by atoms with Crippen LogP contribution in [0, 0.1) is 0 Å². The van der Waals surface area contributed by atoms with Gasteiger partial charge >= 0.3 is 5.69 Å². The van der Waals surface area contributed by atoms with Gasteiger partial charge in [-0.1, -0.05) is 0 Å². The van der Waals surface area contributed by atoms with Crippen molar-refractivity contribution >= 4 is 26.8 Å². The Morgan fingerprint density at radius 2 is 2.00 bits per heavy atom. The van der Waals surface area contributed by atoms with E-state index in [1.165, 1.54) is 43.9 Å². The number of nitrogens with one attached hydrogen (secondary N) is 1. The smallest absolute Gasteiger partial charge is 0.330 e. The summed E-state index contributed by atoms with van der Waals surface area (Å²) in [5.74, 6) is -0.439. The second kappa shape index (κ2) is 8.09. The number of carbonyl (C=O) groups is 1. The molecule has 0 bridgehead atoms. The minimum atomic E-state index is -4.01. The Bertz CT molecular complexity index is 1160. The van der Waals surface area contributed by atoms with E-state index >= 15 is 0 Å². The standard InChI is InChI=1S/C18H24N4O6S/c1-20(11-16(23)19-10-12-5-4-8-28-12)29(26,27)13-6-7-15-14(9-13)17(24)22(3)18(25)21(15)2/h6-7,9,12H,4-5,8,10-11H2,1-3H3,(H,19,23). The molecule has 0 saturated carbocycles. The zero-order chi connectivity index (χ0) is 21.3. The molecule has 2 aromatic rings. The molecule has 3 rings (SSSR count). The Morgan fingerprint density at radius 3 is 2.66 bits per heavy atom. The van der Waals surface area contributed by atoms with Crippen molar-refractivity contribution in [1.82, 2.24) is 18.8 Å². The molecule has 1 fully saturated rings. The number of sulfonamides is 1. The van der Waals surface area contributed by atoms with Gasteiger partial charge in [-0.3, -0.25) is 18.7 Å². The lowest BCUT2D eigenvalue weighted by Crippen LogP contribution is -2.41. The van der Waals surface area contributed by atoms with Gasteiger partial charge in [0.2, 0.25) is 15.9 Å². The van der Waals surface area contributed by atoms with Crippen molar-refractivity contribution in [3.05, 3.63) is 39.0 Å². The lowest BCUT2D eigenvalue weighted by Gasteiger charge is -2.18. The van der Waals surface area contributed by atoms with Crippen molar-refractivity contribution in [2.45, 2.75) is 23.8 Å². The normalized spacial score (nSPS) is 17.2. The summed E-state index contributed by atoms with van der Waals surface area (Å²) in [5, 5.41) is 2.78. The van der Waals surface area contributed by atoms with Crippen LogP contribution in [0.5, 0.6) is 0 Å². The molecule has 1 atom stereocenters. The lowest BCUT2D eigenvalue weighted by molar-refractivity contribution is -0.121. The van der Waals surface area contributed by atoms with E-state index in [0.717, 1.165) is 21.7 Å². The third-order valence-electron chi connectivity index (χ3n) is 5.06. The number of aryl methyl sites for hydroxylation is 1. The molecule has 1 saturated heterocycles. The van der Waals surface area contributed by atoms with Gasteiger partial charge in [-0.2, -0.15) is 4.31 Å². The predicted molar refractivity (Wildman–Crippen MR) is 106 cm³/mol. The number of hydrogen-bond donors (Lipinski definition) is 1. The van der Waals surface area contributed by atoms with Crippen molar-refractivity contribution in [3.63, 3.8) is 0 Å². The Labute approximate surface area is 167 Å². The average Bonchev–Trinajstić information content (AvgIpc) is 3.22. The fraction of sp³-hybridized carbons (Fsp3) is 0.500. The molecule has 1 aromatic carbocycles. The highest BCUT2D eigenvalue weighted by Gasteiger charge is 2.25. The van der Waals surface area contributed by atoms with Gasteiger partial charge in [0.25, 0.3) is 5.56 Å². The van der Waals surface area contributed by atoms with Gasteiger partial charge in [-0.25, -0.2) is 13.2 Å². The summed E-state index contributed by atoms with van der Waals surface area (Å²) in [5.41, 5.74) is -0.760. The molecule has 0 aliphatic carbocycles. The summed E-state index contributed by atoms with van der Waals surface area (Å²) in [4.78, 5) is 36.4. The summed E-state index contributed by atoms with van der Waals surface area (Å²) >= 11 is 0. The van der Waals surface area contributed by atoms with E-state index in [4.69, 9.17) is 4.74 Å². The van der Waals surface area contributed by atoms with Crippen molar-refractivity contribution in [3.8, 4) is 0 Å². The van der Waals surface area contributed by atoms with Gasteiger partial charge < -0.3 is 10.1 Å². The number of nitrogens with zero attached hydrogens (tertiary/aromatic N) is 3. The van der Waals surface area contributed by atoms with Crippen LogP contribution in [0.25, 0.3) is 10.9 Å². The molecule has 1 aliphatic rings. The maximum Gasteiger partial charge on any atom is 0.330 e. The predicted octanol–water partition coefficient (Wildman–Crippen LogP) is -0.847. The number of amides is 1. The monoisotopic (exact) mass is 424 g/mol. The molecule has 158 valence electrons. The molecule has 2 heterocycles. The number of likely N-dealkylation sites (N-methyl/N-ethyl adjacent to an activating group) is 1. The fourth-order valence-corrected chi connectivity index (χ4v) is 4.44. The van der Waals surface area contributed by atoms with Crippen LogP contribution in [0.1, 0.15) is 12.8 Å². The van der Waals surface area contributed by atoms with E-state index in [1.807, 2.05) is 0 Å². The second-order valence-corrected chi connectivity index (χ2v) is 9.13. The number of ether oxygens (including phenoxy) is 1. The third kappa shape index (κ3) is 4.11. The first kappa shape index (κ1) is 21.2. The first-order valence-corrected chi connectivity index (χ1v) is 10.6. The first-order chi connectivity index (χ1) is 13.6. The fourth-order valence-electron chi connectivity index (χ4n) is 3.29. The molecular formula is C18H24N4O6S. The molecule has 11 heteroatoms. The molecule has 1 N–H and O–H groups in total. The van der Waals surface area contributed by atoms with Gasteiger partial charge in [0.15, 0.2) is 0 Å². The van der Waals surface area contributed by atoms with Crippen LogP contribution < -0.4 is 16.6 Å². The minimum absolute atomic E-state index is 0.0378. The molecule has 10 nitrogen and oxygen atoms in total. The Hall–Kier alpha value is -2.50. The number of hydrogen-bond acceptors (Lipinski definition) is 6. The number of fused-ring (bicyclic) bond motifs is 1. The molecule has 0 spiro atoms. The summed E-state index contributed by atoms with van der Waals surface area (Å²) in [6.07, 6.45) is 1.77. The van der Waals surface area contributed by atoms with E-state index in [2.05, 4.69) is 5.32 Å². The Balaban J connectivity index is 1.82. The summed E-state index contributed by atoms with van der Waals surface area (Å²) < 4.78 is 34.3. The molecule has 29 heavy (non-hydrogen) atoms. The highest BCUT2D eigenvalue weighted by Crippen LogP contribution is 2.18. The van der Waals surface area contributed by atoms with Crippen LogP contribution in [-0.4, -0.2) is 60.6 Å². The zero-order valence-corrected chi connectivity index (χ0v) is 17.4. The quantitative estimate of drug-likeness (QED) is 0.645. The highest BCUT2D eigenvalue weighted by atomic mass is 32.2. The summed E-state index contributed by atoms with van der Waals surface area (Å²) in [6, 6.07) is 3.96. The van der Waals surface area contributed by atoms with Crippen molar-refractivity contribution in [1.29, 1.82) is 0 Å². The minimum Gasteiger partial charge on any atom is -0.376 e. The zero-order valence-electron chi connectivity index (χ0n) is 16.5. The molecular weight excluding hydrogens is 400 g/mol. The summed E-state index contributed by atoms with van der Waals surface area (Å²) in [6.45, 7) is 0.646. The molecule has 1 unspecified atom stereocenters. The van der Waals surface area contributed by atoms with Crippen LogP contribution >= 0.6 is 0 Å². The summed E-state index contributed by atoms with van der Waals surface area (Å²) in [7, 11) is 0.118. The van der Waals surface area contributed by atoms with Gasteiger partial charge in [0.1, 0.15) is 0 Å². The van der Waals surface area contributed by atoms with Crippen LogP contribution in [0.15, 0.2) is 32.7 Å². The van der Waals surface area contributed by atoms with E-state index < -0.39 is 27.2 Å². The third-order valence-corrected chi connectivity index (χ3v) is 6.86. The first-order valence-electron chi connectivity index (χ1n) is 9.17. The maximum atomic E-state index is 12.9. The van der Waals surface area contributed by atoms with Crippen LogP contribution in [0.4, 0.5) is 0 Å². The highest BCUT2D eigenvalue weighted by molar-refractivity contribution is 7.89. The van der Waals surface area contributed by atoms with Gasteiger partial charge in [0.05, 0.1) is 28.4 Å². The average molecular weight is 424 g/mol. The van der Waals surface area contributed by atoms with Crippen LogP contribution in [-0.2, 0) is 33.7 Å². The van der Waals surface area contributed by atoms with Crippen LogP contribution in [0.3, 0.4) is 0 Å². The molecule has 0 radical (unpaired) electrons. The van der Waals surface area contributed by atoms with Crippen LogP contribution in [0.2, 0.25) is 0 Å². The largest absolute Gasteiger partial charge is 0.376 e. The molecule has 1 aromatic heterocycles. The van der Waals surface area contributed by atoms with Gasteiger partial charge in [-0.15, -0.1) is 0 Å². The van der Waals surface area contributed by atoms with Crippen molar-refractivity contribution in [2.24, 2.45) is 14.1 Å². The number of rotatable bonds is 6. The van der Waals surface area contributed by atoms with E-state index in [0.29, 0.717) is 18.7 Å². The lowest BCUT2D eigenvalue weighted by atomic mass is 10.2. The van der Waals surface area contributed by atoms with E-state index in [9.17, 15) is 22.8 Å². The van der Waals surface area contributed by atoms with Gasteiger partial charge in [0, 0.05) is 34.3 Å². The molecule has 1 amide bonds. The Kier molecular flexibility index (Phi) is 5.92. The van der Waals surface area contributed by atoms with E-state index in [1.54, 1.807) is 0 Å². The number of carbonyl (C=O) groups excluding carboxylic acids is 1. The second-order valence-electron chi connectivity index (χ2n) is 7.08. The maximum absolute atomic E-state index is 12.9. The number of aromatic nitrogens is 2. The van der Waals surface area contributed by atoms with Gasteiger partial charge in [-0.05, 0) is 31.0 Å². The Morgan fingerprint density at radius 1 is 1.28 bits per heavy atom. The van der Waals surface area contributed by atoms with E-state index in [-0.39, 0.29) is 22.9 Å². The molecule has 1 aliphatic heterocycles. The SMILES string of the molecule is CN(CC(=O)NCC1CCCO1)S(=O)(=O)c1ccc2c(c1)c(=O)n(C)c(=O)n2C. The van der Waals surface area contributed by atoms with Crippen molar-refractivity contribution < 1.29 is 17.9 Å². The topological polar surface area (TPSA) is 120 Å². The number of benzene rings is 1. The van der Waals surface area contributed by atoms with Crippen molar-refractivity contribution in [2.75, 3.05) is 26.7 Å².